The second kappa shape index (κ2) is 6.61. The fourth-order valence-electron chi connectivity index (χ4n) is 3.00. The van der Waals surface area contributed by atoms with E-state index in [0.717, 1.165) is 18.6 Å². The molecule has 1 fully saturated rings. The Balaban J connectivity index is 2.17. The van der Waals surface area contributed by atoms with Gasteiger partial charge in [0.15, 0.2) is 0 Å². The van der Waals surface area contributed by atoms with E-state index in [1.54, 1.807) is 0 Å². The molecule has 1 aliphatic rings. The van der Waals surface area contributed by atoms with E-state index in [4.69, 9.17) is 4.74 Å². The number of carbonyl (C=O) groups excluding carboxylic acids is 1. The van der Waals surface area contributed by atoms with E-state index in [-0.39, 0.29) is 11.4 Å². The van der Waals surface area contributed by atoms with Gasteiger partial charge in [-0.1, -0.05) is 38.1 Å². The SMILES string of the molecule is CC(C)c1ccccc1CC(=O)N1CCOCCC1(C)C. The molecule has 0 atom stereocenters. The minimum absolute atomic E-state index is 0.125. The van der Waals surface area contributed by atoms with Gasteiger partial charge in [0.25, 0.3) is 0 Å². The Hall–Kier alpha value is -1.35. The Bertz CT molecular complexity index is 494. The van der Waals surface area contributed by atoms with E-state index in [1.165, 1.54) is 5.56 Å². The molecule has 0 aliphatic carbocycles. The first-order chi connectivity index (χ1) is 9.92. The first-order valence-electron chi connectivity index (χ1n) is 7.88. The van der Waals surface area contributed by atoms with Gasteiger partial charge in [-0.2, -0.15) is 0 Å². The largest absolute Gasteiger partial charge is 0.380 e. The number of benzene rings is 1. The van der Waals surface area contributed by atoms with Gasteiger partial charge in [-0.3, -0.25) is 4.79 Å². The Morgan fingerprint density at radius 1 is 1.29 bits per heavy atom. The molecule has 1 amide bonds. The zero-order chi connectivity index (χ0) is 15.5. The van der Waals surface area contributed by atoms with Crippen molar-refractivity contribution in [2.45, 2.75) is 52.0 Å². The van der Waals surface area contributed by atoms with Crippen LogP contribution in [0.25, 0.3) is 0 Å². The molecule has 116 valence electrons. The van der Waals surface area contributed by atoms with Gasteiger partial charge >= 0.3 is 0 Å². The van der Waals surface area contributed by atoms with Gasteiger partial charge in [0.05, 0.1) is 13.0 Å². The number of nitrogens with zero attached hydrogens (tertiary/aromatic N) is 1. The van der Waals surface area contributed by atoms with Crippen molar-refractivity contribution in [2.75, 3.05) is 19.8 Å². The number of ether oxygens (including phenoxy) is 1. The van der Waals surface area contributed by atoms with Gasteiger partial charge in [0.2, 0.25) is 5.91 Å². The number of rotatable bonds is 3. The van der Waals surface area contributed by atoms with Gasteiger partial charge in [0, 0.05) is 18.7 Å². The Kier molecular flexibility index (Phi) is 5.04. The average Bonchev–Trinajstić information content (AvgIpc) is 2.59. The molecule has 21 heavy (non-hydrogen) atoms. The molecule has 3 heteroatoms. The third kappa shape index (κ3) is 3.85. The number of amides is 1. The monoisotopic (exact) mass is 289 g/mol. The Labute approximate surface area is 128 Å². The molecule has 1 aliphatic heterocycles. The summed E-state index contributed by atoms with van der Waals surface area (Å²) in [4.78, 5) is 14.8. The third-order valence-corrected chi connectivity index (χ3v) is 4.37. The highest BCUT2D eigenvalue weighted by Gasteiger charge is 2.32. The Morgan fingerprint density at radius 3 is 2.71 bits per heavy atom. The minimum atomic E-state index is -0.125. The molecule has 0 unspecified atom stereocenters. The molecule has 1 aromatic carbocycles. The smallest absolute Gasteiger partial charge is 0.227 e. The minimum Gasteiger partial charge on any atom is -0.380 e. The van der Waals surface area contributed by atoms with Crippen molar-refractivity contribution < 1.29 is 9.53 Å². The van der Waals surface area contributed by atoms with Crippen molar-refractivity contribution in [3.05, 3.63) is 35.4 Å². The summed E-state index contributed by atoms with van der Waals surface area (Å²) in [6.45, 7) is 10.7. The summed E-state index contributed by atoms with van der Waals surface area (Å²) in [5, 5.41) is 0. The molecule has 1 saturated heterocycles. The van der Waals surface area contributed by atoms with E-state index < -0.39 is 0 Å². The highest BCUT2D eigenvalue weighted by Crippen LogP contribution is 2.25. The van der Waals surface area contributed by atoms with Crippen LogP contribution in [0.1, 0.15) is 51.2 Å². The molecular weight excluding hydrogens is 262 g/mol. The second-order valence-electron chi connectivity index (χ2n) is 6.75. The van der Waals surface area contributed by atoms with Crippen LogP contribution in [0, 0.1) is 0 Å². The van der Waals surface area contributed by atoms with Crippen LogP contribution in [-0.2, 0) is 16.0 Å². The van der Waals surface area contributed by atoms with E-state index in [2.05, 4.69) is 39.8 Å². The summed E-state index contributed by atoms with van der Waals surface area (Å²) in [5.74, 6) is 0.646. The van der Waals surface area contributed by atoms with E-state index >= 15 is 0 Å². The van der Waals surface area contributed by atoms with Crippen LogP contribution in [0.4, 0.5) is 0 Å². The molecule has 1 aromatic rings. The lowest BCUT2D eigenvalue weighted by Crippen LogP contribution is -2.48. The lowest BCUT2D eigenvalue weighted by Gasteiger charge is -2.37. The van der Waals surface area contributed by atoms with Gasteiger partial charge in [-0.05, 0) is 37.3 Å². The van der Waals surface area contributed by atoms with Gasteiger partial charge in [0.1, 0.15) is 0 Å². The van der Waals surface area contributed by atoms with E-state index in [0.29, 0.717) is 25.5 Å². The van der Waals surface area contributed by atoms with Crippen LogP contribution >= 0.6 is 0 Å². The van der Waals surface area contributed by atoms with Crippen LogP contribution in [0.2, 0.25) is 0 Å². The molecule has 0 bridgehead atoms. The molecule has 3 nitrogen and oxygen atoms in total. The lowest BCUT2D eigenvalue weighted by atomic mass is 9.93. The standard InChI is InChI=1S/C18H27NO2/c1-14(2)16-8-6-5-7-15(16)13-17(20)19-10-12-21-11-9-18(19,3)4/h5-8,14H,9-13H2,1-4H3. The molecule has 0 saturated carbocycles. The normalized spacial score (nSPS) is 18.6. The van der Waals surface area contributed by atoms with Gasteiger partial charge < -0.3 is 9.64 Å². The maximum absolute atomic E-state index is 12.8. The van der Waals surface area contributed by atoms with Crippen molar-refractivity contribution in [3.8, 4) is 0 Å². The van der Waals surface area contributed by atoms with Crippen LogP contribution in [0.5, 0.6) is 0 Å². The predicted molar refractivity (Wildman–Crippen MR) is 85.5 cm³/mol. The van der Waals surface area contributed by atoms with Crippen molar-refractivity contribution in [1.29, 1.82) is 0 Å². The van der Waals surface area contributed by atoms with Crippen LogP contribution < -0.4 is 0 Å². The highest BCUT2D eigenvalue weighted by molar-refractivity contribution is 5.80. The van der Waals surface area contributed by atoms with Crippen molar-refractivity contribution in [1.82, 2.24) is 4.90 Å². The molecule has 1 heterocycles. The summed E-state index contributed by atoms with van der Waals surface area (Å²) in [6.07, 6.45) is 1.38. The molecule has 0 spiro atoms. The molecule has 0 N–H and O–H groups in total. The molecule has 0 radical (unpaired) electrons. The first kappa shape index (κ1) is 16.0. The summed E-state index contributed by atoms with van der Waals surface area (Å²) < 4.78 is 5.53. The number of carbonyl (C=O) groups is 1. The van der Waals surface area contributed by atoms with Crippen LogP contribution in [0.3, 0.4) is 0 Å². The number of hydrogen-bond donors (Lipinski definition) is 0. The van der Waals surface area contributed by atoms with Crippen LogP contribution in [0.15, 0.2) is 24.3 Å². The maximum Gasteiger partial charge on any atom is 0.227 e. The summed E-state index contributed by atoms with van der Waals surface area (Å²) in [6, 6.07) is 8.27. The van der Waals surface area contributed by atoms with Gasteiger partial charge in [-0.25, -0.2) is 0 Å². The van der Waals surface area contributed by atoms with Crippen molar-refractivity contribution in [3.63, 3.8) is 0 Å². The highest BCUT2D eigenvalue weighted by atomic mass is 16.5. The topological polar surface area (TPSA) is 29.5 Å². The fraction of sp³-hybridized carbons (Fsp3) is 0.611. The second-order valence-corrected chi connectivity index (χ2v) is 6.75. The van der Waals surface area contributed by atoms with E-state index in [1.807, 2.05) is 17.0 Å². The lowest BCUT2D eigenvalue weighted by molar-refractivity contribution is -0.135. The maximum atomic E-state index is 12.8. The molecule has 2 rings (SSSR count). The van der Waals surface area contributed by atoms with Crippen LogP contribution in [-0.4, -0.2) is 36.1 Å². The van der Waals surface area contributed by atoms with Gasteiger partial charge in [-0.15, -0.1) is 0 Å². The van der Waals surface area contributed by atoms with Crippen molar-refractivity contribution >= 4 is 5.91 Å². The Morgan fingerprint density at radius 2 is 2.00 bits per heavy atom. The third-order valence-electron chi connectivity index (χ3n) is 4.37. The average molecular weight is 289 g/mol. The van der Waals surface area contributed by atoms with Crippen molar-refractivity contribution in [2.24, 2.45) is 0 Å². The fourth-order valence-corrected chi connectivity index (χ4v) is 3.00. The molecular formula is C18H27NO2. The quantitative estimate of drug-likeness (QED) is 0.853. The zero-order valence-corrected chi connectivity index (χ0v) is 13.7. The molecule has 0 aromatic heterocycles. The zero-order valence-electron chi connectivity index (χ0n) is 13.7. The van der Waals surface area contributed by atoms with E-state index in [9.17, 15) is 4.79 Å². The number of hydrogen-bond acceptors (Lipinski definition) is 2. The summed E-state index contributed by atoms with van der Waals surface area (Å²) >= 11 is 0. The first-order valence-corrected chi connectivity index (χ1v) is 7.88. The predicted octanol–water partition coefficient (Wildman–Crippen LogP) is 3.38. The summed E-state index contributed by atoms with van der Waals surface area (Å²) in [7, 11) is 0. The summed E-state index contributed by atoms with van der Waals surface area (Å²) in [5.41, 5.74) is 2.30.